The lowest BCUT2D eigenvalue weighted by atomic mass is 9.99. The molecule has 2 aromatic carbocycles. The number of hydrogen-bond acceptors (Lipinski definition) is 3. The standard InChI is InChI=1S/C17H19NO2/c1-12-10-15(13(2)11-18)8-9-16(12)20-17(19)14-6-4-3-5-7-14/h3-10,13H,11,18H2,1-2H3. The lowest BCUT2D eigenvalue weighted by Gasteiger charge is -2.12. The monoisotopic (exact) mass is 269 g/mol. The summed E-state index contributed by atoms with van der Waals surface area (Å²) in [5.41, 5.74) is 8.31. The van der Waals surface area contributed by atoms with Crippen molar-refractivity contribution >= 4 is 5.97 Å². The van der Waals surface area contributed by atoms with Crippen LogP contribution in [0.2, 0.25) is 0 Å². The van der Waals surface area contributed by atoms with Gasteiger partial charge < -0.3 is 10.5 Å². The van der Waals surface area contributed by atoms with Gasteiger partial charge in [-0.25, -0.2) is 4.79 Å². The van der Waals surface area contributed by atoms with Gasteiger partial charge in [-0.2, -0.15) is 0 Å². The van der Waals surface area contributed by atoms with Crippen LogP contribution in [-0.4, -0.2) is 12.5 Å². The molecule has 20 heavy (non-hydrogen) atoms. The smallest absolute Gasteiger partial charge is 0.343 e. The van der Waals surface area contributed by atoms with Gasteiger partial charge in [0.05, 0.1) is 5.56 Å². The number of ether oxygens (including phenoxy) is 1. The van der Waals surface area contributed by atoms with E-state index in [0.29, 0.717) is 23.8 Å². The number of esters is 1. The Morgan fingerprint density at radius 1 is 1.20 bits per heavy atom. The Bertz CT molecular complexity index is 593. The number of aryl methyl sites for hydroxylation is 1. The number of nitrogens with two attached hydrogens (primary N) is 1. The van der Waals surface area contributed by atoms with Crippen molar-refractivity contribution < 1.29 is 9.53 Å². The summed E-state index contributed by atoms with van der Waals surface area (Å²) in [4.78, 5) is 12.0. The first kappa shape index (κ1) is 14.3. The summed E-state index contributed by atoms with van der Waals surface area (Å²) < 4.78 is 5.43. The Balaban J connectivity index is 2.16. The molecule has 2 N–H and O–H groups in total. The molecule has 2 rings (SSSR count). The summed E-state index contributed by atoms with van der Waals surface area (Å²) in [5.74, 6) is 0.549. The fraction of sp³-hybridized carbons (Fsp3) is 0.235. The molecular weight excluding hydrogens is 250 g/mol. The molecule has 0 radical (unpaired) electrons. The highest BCUT2D eigenvalue weighted by molar-refractivity contribution is 5.91. The van der Waals surface area contributed by atoms with Crippen molar-refractivity contribution in [2.75, 3.05) is 6.54 Å². The van der Waals surface area contributed by atoms with E-state index in [4.69, 9.17) is 10.5 Å². The maximum absolute atomic E-state index is 12.0. The molecule has 104 valence electrons. The van der Waals surface area contributed by atoms with Gasteiger partial charge in [-0.3, -0.25) is 0 Å². The predicted molar refractivity (Wildman–Crippen MR) is 80.0 cm³/mol. The summed E-state index contributed by atoms with van der Waals surface area (Å²) in [7, 11) is 0. The second-order valence-electron chi connectivity index (χ2n) is 4.92. The molecule has 0 aromatic heterocycles. The predicted octanol–water partition coefficient (Wildman–Crippen LogP) is 3.28. The van der Waals surface area contributed by atoms with Crippen LogP contribution in [-0.2, 0) is 0 Å². The summed E-state index contributed by atoms with van der Waals surface area (Å²) >= 11 is 0. The lowest BCUT2D eigenvalue weighted by Crippen LogP contribution is -2.11. The average molecular weight is 269 g/mol. The van der Waals surface area contributed by atoms with Crippen LogP contribution in [0.3, 0.4) is 0 Å². The minimum atomic E-state index is -0.340. The summed E-state index contributed by atoms with van der Waals surface area (Å²) in [6.07, 6.45) is 0. The minimum absolute atomic E-state index is 0.299. The Morgan fingerprint density at radius 2 is 1.90 bits per heavy atom. The molecule has 0 heterocycles. The van der Waals surface area contributed by atoms with Gasteiger partial charge in [-0.15, -0.1) is 0 Å². The summed E-state index contributed by atoms with van der Waals surface area (Å²) in [6, 6.07) is 14.8. The van der Waals surface area contributed by atoms with Gasteiger partial charge in [0.25, 0.3) is 0 Å². The van der Waals surface area contributed by atoms with Crippen molar-refractivity contribution in [2.24, 2.45) is 5.73 Å². The molecule has 0 saturated heterocycles. The van der Waals surface area contributed by atoms with Crippen LogP contribution >= 0.6 is 0 Å². The maximum Gasteiger partial charge on any atom is 0.343 e. The number of hydrogen-bond donors (Lipinski definition) is 1. The second kappa shape index (κ2) is 6.35. The molecule has 0 aliphatic carbocycles. The zero-order valence-corrected chi connectivity index (χ0v) is 11.8. The molecule has 3 heteroatoms. The summed E-state index contributed by atoms with van der Waals surface area (Å²) in [6.45, 7) is 4.60. The first-order valence-corrected chi connectivity index (χ1v) is 6.69. The number of benzene rings is 2. The zero-order chi connectivity index (χ0) is 14.5. The molecule has 0 fully saturated rings. The Kier molecular flexibility index (Phi) is 4.53. The van der Waals surface area contributed by atoms with Crippen LogP contribution in [0.1, 0.15) is 34.3 Å². The molecule has 0 bridgehead atoms. The van der Waals surface area contributed by atoms with Gasteiger partial charge in [0.2, 0.25) is 0 Å². The molecule has 0 spiro atoms. The van der Waals surface area contributed by atoms with Crippen molar-refractivity contribution in [1.29, 1.82) is 0 Å². The van der Waals surface area contributed by atoms with Crippen molar-refractivity contribution in [3.63, 3.8) is 0 Å². The van der Waals surface area contributed by atoms with Gasteiger partial charge in [0.15, 0.2) is 0 Å². The van der Waals surface area contributed by atoms with E-state index in [1.54, 1.807) is 12.1 Å². The van der Waals surface area contributed by atoms with Crippen LogP contribution in [0.4, 0.5) is 0 Å². The van der Waals surface area contributed by atoms with E-state index in [1.807, 2.05) is 43.3 Å². The van der Waals surface area contributed by atoms with E-state index in [0.717, 1.165) is 11.1 Å². The highest BCUT2D eigenvalue weighted by atomic mass is 16.5. The van der Waals surface area contributed by atoms with Gasteiger partial charge in [-0.1, -0.05) is 37.3 Å². The Hall–Kier alpha value is -2.13. The Morgan fingerprint density at radius 3 is 2.50 bits per heavy atom. The van der Waals surface area contributed by atoms with E-state index >= 15 is 0 Å². The third-order valence-corrected chi connectivity index (χ3v) is 3.33. The lowest BCUT2D eigenvalue weighted by molar-refractivity contribution is 0.0733. The summed E-state index contributed by atoms with van der Waals surface area (Å²) in [5, 5.41) is 0. The number of carbonyl (C=O) groups excluding carboxylic acids is 1. The first-order chi connectivity index (χ1) is 9.61. The normalized spacial score (nSPS) is 11.9. The van der Waals surface area contributed by atoms with Crippen LogP contribution in [0.25, 0.3) is 0 Å². The van der Waals surface area contributed by atoms with Gasteiger partial charge in [0, 0.05) is 0 Å². The van der Waals surface area contributed by atoms with Crippen LogP contribution < -0.4 is 10.5 Å². The minimum Gasteiger partial charge on any atom is -0.423 e. The Labute approximate surface area is 119 Å². The molecule has 2 aromatic rings. The molecule has 0 aliphatic rings. The topological polar surface area (TPSA) is 52.3 Å². The maximum atomic E-state index is 12.0. The third kappa shape index (κ3) is 3.25. The van der Waals surface area contributed by atoms with Crippen molar-refractivity contribution in [3.8, 4) is 5.75 Å². The van der Waals surface area contributed by atoms with E-state index in [1.165, 1.54) is 0 Å². The van der Waals surface area contributed by atoms with Crippen LogP contribution in [0, 0.1) is 6.92 Å². The quantitative estimate of drug-likeness (QED) is 0.684. The van der Waals surface area contributed by atoms with E-state index in [2.05, 4.69) is 6.92 Å². The largest absolute Gasteiger partial charge is 0.423 e. The average Bonchev–Trinajstić information content (AvgIpc) is 2.49. The SMILES string of the molecule is Cc1cc(C(C)CN)ccc1OC(=O)c1ccccc1. The van der Waals surface area contributed by atoms with Crippen molar-refractivity contribution in [1.82, 2.24) is 0 Å². The molecule has 1 atom stereocenters. The molecule has 1 unspecified atom stereocenters. The highest BCUT2D eigenvalue weighted by Gasteiger charge is 2.11. The molecule has 0 saturated carbocycles. The van der Waals surface area contributed by atoms with Crippen molar-refractivity contribution in [3.05, 3.63) is 65.2 Å². The number of rotatable bonds is 4. The van der Waals surface area contributed by atoms with Crippen molar-refractivity contribution in [2.45, 2.75) is 19.8 Å². The zero-order valence-electron chi connectivity index (χ0n) is 11.8. The molecule has 0 amide bonds. The van der Waals surface area contributed by atoms with Crippen LogP contribution in [0.15, 0.2) is 48.5 Å². The first-order valence-electron chi connectivity index (χ1n) is 6.69. The number of carbonyl (C=O) groups is 1. The molecule has 3 nitrogen and oxygen atoms in total. The fourth-order valence-electron chi connectivity index (χ4n) is 1.96. The van der Waals surface area contributed by atoms with Gasteiger partial charge >= 0.3 is 5.97 Å². The molecular formula is C17H19NO2. The highest BCUT2D eigenvalue weighted by Crippen LogP contribution is 2.24. The van der Waals surface area contributed by atoms with E-state index < -0.39 is 0 Å². The fourth-order valence-corrected chi connectivity index (χ4v) is 1.96. The van der Waals surface area contributed by atoms with Crippen LogP contribution in [0.5, 0.6) is 5.75 Å². The van der Waals surface area contributed by atoms with Gasteiger partial charge in [0.1, 0.15) is 5.75 Å². The van der Waals surface area contributed by atoms with E-state index in [9.17, 15) is 4.79 Å². The van der Waals surface area contributed by atoms with Gasteiger partial charge in [-0.05, 0) is 48.7 Å². The second-order valence-corrected chi connectivity index (χ2v) is 4.92. The third-order valence-electron chi connectivity index (χ3n) is 3.33. The molecule has 0 aliphatic heterocycles. The van der Waals surface area contributed by atoms with E-state index in [-0.39, 0.29) is 5.97 Å².